The maximum absolute atomic E-state index is 11.8. The molecule has 0 aliphatic carbocycles. The Morgan fingerprint density at radius 2 is 2.18 bits per heavy atom. The van der Waals surface area contributed by atoms with E-state index in [1.54, 1.807) is 0 Å². The van der Waals surface area contributed by atoms with Crippen molar-refractivity contribution >= 4 is 0 Å². The molecule has 0 saturated heterocycles. The zero-order chi connectivity index (χ0) is 12.9. The van der Waals surface area contributed by atoms with Crippen LogP contribution in [0.3, 0.4) is 0 Å². The van der Waals surface area contributed by atoms with E-state index in [4.69, 9.17) is 5.73 Å². The van der Waals surface area contributed by atoms with Crippen molar-refractivity contribution in [2.24, 2.45) is 5.73 Å². The zero-order valence-electron chi connectivity index (χ0n) is 9.70. The quantitative estimate of drug-likeness (QED) is 0.784. The summed E-state index contributed by atoms with van der Waals surface area (Å²) in [6, 6.07) is 3.79. The van der Waals surface area contributed by atoms with Gasteiger partial charge in [-0.15, -0.1) is 0 Å². The molecular formula is C11H17F3N2O. The third kappa shape index (κ3) is 5.74. The lowest BCUT2D eigenvalue weighted by Gasteiger charge is -2.12. The van der Waals surface area contributed by atoms with Crippen LogP contribution in [0.2, 0.25) is 0 Å². The number of hydrogen-bond donors (Lipinski definition) is 1. The van der Waals surface area contributed by atoms with Gasteiger partial charge in [0.1, 0.15) is 6.61 Å². The molecule has 17 heavy (non-hydrogen) atoms. The molecule has 1 unspecified atom stereocenters. The number of nitrogens with two attached hydrogens (primary N) is 1. The van der Waals surface area contributed by atoms with Gasteiger partial charge in [0.2, 0.25) is 0 Å². The third-order valence-electron chi connectivity index (χ3n) is 2.20. The average molecular weight is 250 g/mol. The molecule has 0 spiro atoms. The lowest BCUT2D eigenvalue weighted by atomic mass is 10.2. The summed E-state index contributed by atoms with van der Waals surface area (Å²) in [6.07, 6.45) is -1.74. The van der Waals surface area contributed by atoms with Crippen LogP contribution in [0.5, 0.6) is 0 Å². The van der Waals surface area contributed by atoms with E-state index < -0.39 is 12.8 Å². The number of hydrogen-bond acceptors (Lipinski definition) is 2. The fraction of sp³-hybridized carbons (Fsp3) is 0.636. The topological polar surface area (TPSA) is 40.2 Å². The number of rotatable bonds is 6. The monoisotopic (exact) mass is 250 g/mol. The van der Waals surface area contributed by atoms with Gasteiger partial charge in [-0.1, -0.05) is 0 Å². The van der Waals surface area contributed by atoms with Gasteiger partial charge in [-0.3, -0.25) is 0 Å². The minimum absolute atomic E-state index is 0.0275. The van der Waals surface area contributed by atoms with E-state index in [0.29, 0.717) is 13.0 Å². The van der Waals surface area contributed by atoms with Crippen molar-refractivity contribution < 1.29 is 17.9 Å². The molecule has 1 atom stereocenters. The first-order valence-electron chi connectivity index (χ1n) is 5.42. The van der Waals surface area contributed by atoms with Gasteiger partial charge in [-0.05, 0) is 19.1 Å². The highest BCUT2D eigenvalue weighted by molar-refractivity contribution is 5.08. The summed E-state index contributed by atoms with van der Waals surface area (Å²) >= 11 is 0. The molecule has 0 aliphatic heterocycles. The standard InChI is InChI=1S/C11H17F3N2O/c1-9(15)7-10-3-2-4-16(10)5-6-17-8-11(12,13)14/h2-4,9H,5-8,15H2,1H3. The predicted octanol–water partition coefficient (Wildman–Crippen LogP) is 1.96. The van der Waals surface area contributed by atoms with Crippen molar-refractivity contribution in [3.63, 3.8) is 0 Å². The van der Waals surface area contributed by atoms with Gasteiger partial charge in [0.15, 0.2) is 0 Å². The molecule has 0 fully saturated rings. The Balaban J connectivity index is 2.34. The Hall–Kier alpha value is -1.01. The number of halogens is 3. The van der Waals surface area contributed by atoms with Crippen molar-refractivity contribution in [2.45, 2.75) is 32.1 Å². The van der Waals surface area contributed by atoms with Gasteiger partial charge in [-0.2, -0.15) is 13.2 Å². The number of nitrogens with zero attached hydrogens (tertiary/aromatic N) is 1. The van der Waals surface area contributed by atoms with E-state index in [2.05, 4.69) is 4.74 Å². The first-order chi connectivity index (χ1) is 7.88. The summed E-state index contributed by atoms with van der Waals surface area (Å²) in [7, 11) is 0. The van der Waals surface area contributed by atoms with E-state index in [9.17, 15) is 13.2 Å². The smallest absolute Gasteiger partial charge is 0.370 e. The fourth-order valence-electron chi connectivity index (χ4n) is 1.53. The second-order valence-electron chi connectivity index (χ2n) is 4.04. The van der Waals surface area contributed by atoms with Crippen molar-refractivity contribution in [1.29, 1.82) is 0 Å². The first-order valence-corrected chi connectivity index (χ1v) is 5.42. The van der Waals surface area contributed by atoms with Crippen molar-refractivity contribution in [3.8, 4) is 0 Å². The molecule has 3 nitrogen and oxygen atoms in total. The molecule has 2 N–H and O–H groups in total. The van der Waals surface area contributed by atoms with Gasteiger partial charge < -0.3 is 15.0 Å². The minimum Gasteiger partial charge on any atom is -0.370 e. The van der Waals surface area contributed by atoms with E-state index in [-0.39, 0.29) is 12.6 Å². The minimum atomic E-state index is -4.26. The van der Waals surface area contributed by atoms with Gasteiger partial charge >= 0.3 is 6.18 Å². The Kier molecular flexibility index (Phi) is 5.02. The summed E-state index contributed by atoms with van der Waals surface area (Å²) in [5, 5.41) is 0. The molecule has 1 aromatic rings. The van der Waals surface area contributed by atoms with E-state index in [1.165, 1.54) is 0 Å². The second-order valence-corrected chi connectivity index (χ2v) is 4.04. The average Bonchev–Trinajstić information content (AvgIpc) is 2.58. The summed E-state index contributed by atoms with van der Waals surface area (Å²) in [5.74, 6) is 0. The molecule has 0 bridgehead atoms. The molecule has 0 amide bonds. The molecule has 1 heterocycles. The van der Waals surface area contributed by atoms with Gasteiger partial charge in [0, 0.05) is 30.9 Å². The summed E-state index contributed by atoms with van der Waals surface area (Å²) in [5.41, 5.74) is 6.68. The Bertz CT molecular complexity index is 334. The largest absolute Gasteiger partial charge is 0.411 e. The highest BCUT2D eigenvalue weighted by atomic mass is 19.4. The molecule has 1 rings (SSSR count). The van der Waals surface area contributed by atoms with Gasteiger partial charge in [-0.25, -0.2) is 0 Å². The van der Waals surface area contributed by atoms with Gasteiger partial charge in [0.25, 0.3) is 0 Å². The number of ether oxygens (including phenoxy) is 1. The highest BCUT2D eigenvalue weighted by Crippen LogP contribution is 2.14. The van der Waals surface area contributed by atoms with Crippen LogP contribution in [0, 0.1) is 0 Å². The molecule has 0 saturated carbocycles. The van der Waals surface area contributed by atoms with Crippen LogP contribution in [0.15, 0.2) is 18.3 Å². The van der Waals surface area contributed by atoms with Crippen LogP contribution in [-0.4, -0.2) is 30.0 Å². The van der Waals surface area contributed by atoms with Crippen LogP contribution >= 0.6 is 0 Å². The number of alkyl halides is 3. The van der Waals surface area contributed by atoms with Crippen LogP contribution in [0.4, 0.5) is 13.2 Å². The normalized spacial score (nSPS) is 13.9. The summed E-state index contributed by atoms with van der Waals surface area (Å²) < 4.78 is 41.9. The van der Waals surface area contributed by atoms with Crippen molar-refractivity contribution in [2.75, 3.05) is 13.2 Å². The predicted molar refractivity (Wildman–Crippen MR) is 58.7 cm³/mol. The highest BCUT2D eigenvalue weighted by Gasteiger charge is 2.27. The SMILES string of the molecule is CC(N)Cc1cccn1CCOCC(F)(F)F. The molecule has 0 aromatic carbocycles. The molecule has 6 heteroatoms. The first kappa shape index (κ1) is 14.1. The lowest BCUT2D eigenvalue weighted by molar-refractivity contribution is -0.174. The van der Waals surface area contributed by atoms with E-state index in [1.807, 2.05) is 29.8 Å². The molecule has 0 radical (unpaired) electrons. The van der Waals surface area contributed by atoms with Crippen LogP contribution in [-0.2, 0) is 17.7 Å². The van der Waals surface area contributed by atoms with E-state index in [0.717, 1.165) is 5.69 Å². The molecule has 98 valence electrons. The summed E-state index contributed by atoms with van der Waals surface area (Å²) in [6.45, 7) is 1.14. The molecule has 0 aliphatic rings. The third-order valence-corrected chi connectivity index (χ3v) is 2.20. The van der Waals surface area contributed by atoms with E-state index >= 15 is 0 Å². The number of aromatic nitrogens is 1. The summed E-state index contributed by atoms with van der Waals surface area (Å²) in [4.78, 5) is 0. The van der Waals surface area contributed by atoms with Crippen molar-refractivity contribution in [3.05, 3.63) is 24.0 Å². The maximum atomic E-state index is 11.8. The fourth-order valence-corrected chi connectivity index (χ4v) is 1.53. The Morgan fingerprint density at radius 3 is 2.76 bits per heavy atom. The van der Waals surface area contributed by atoms with Crippen LogP contribution < -0.4 is 5.73 Å². The molecular weight excluding hydrogens is 233 g/mol. The second kappa shape index (κ2) is 6.07. The molecule has 1 aromatic heterocycles. The Morgan fingerprint density at radius 1 is 1.47 bits per heavy atom. The van der Waals surface area contributed by atoms with Crippen LogP contribution in [0.25, 0.3) is 0 Å². The zero-order valence-corrected chi connectivity index (χ0v) is 9.70. The van der Waals surface area contributed by atoms with Gasteiger partial charge in [0.05, 0.1) is 6.61 Å². The van der Waals surface area contributed by atoms with Crippen LogP contribution in [0.1, 0.15) is 12.6 Å². The van der Waals surface area contributed by atoms with Crippen molar-refractivity contribution in [1.82, 2.24) is 4.57 Å². The Labute approximate surface area is 98.4 Å². The maximum Gasteiger partial charge on any atom is 0.411 e. The lowest BCUT2D eigenvalue weighted by Crippen LogP contribution is -2.22.